The van der Waals surface area contributed by atoms with Gasteiger partial charge in [-0.1, -0.05) is 6.07 Å². The first-order valence-corrected chi connectivity index (χ1v) is 4.18. The van der Waals surface area contributed by atoms with Crippen molar-refractivity contribution in [1.82, 2.24) is 4.98 Å². The van der Waals surface area contributed by atoms with Crippen LogP contribution in [0.5, 0.6) is 0 Å². The van der Waals surface area contributed by atoms with Crippen molar-refractivity contribution < 1.29 is 4.92 Å². The molecule has 0 atom stereocenters. The molecule has 0 N–H and O–H groups in total. The fraction of sp³-hybridized carbons (Fsp3) is 0.100. The number of hydrogen-bond acceptors (Lipinski definition) is 3. The number of hydrogen-bond donors (Lipinski definition) is 0. The molecule has 0 saturated heterocycles. The average molecular weight is 188 g/mol. The van der Waals surface area contributed by atoms with Gasteiger partial charge >= 0.3 is 0 Å². The topological polar surface area (TPSA) is 56.0 Å². The number of benzene rings is 1. The van der Waals surface area contributed by atoms with Crippen molar-refractivity contribution in [2.45, 2.75) is 6.92 Å². The zero-order valence-electron chi connectivity index (χ0n) is 7.60. The summed E-state index contributed by atoms with van der Waals surface area (Å²) >= 11 is 0. The van der Waals surface area contributed by atoms with Crippen LogP contribution in [0.2, 0.25) is 0 Å². The van der Waals surface area contributed by atoms with Gasteiger partial charge in [0.05, 0.1) is 10.4 Å². The molecular formula is C10H8N2O2. The standard InChI is InChI=1S/C10H8N2O2/c1-7-5-9-8(3-2-4-11-9)6-10(7)12(13)14/h2-6H,1H3. The zero-order chi connectivity index (χ0) is 10.1. The van der Waals surface area contributed by atoms with E-state index in [2.05, 4.69) is 4.98 Å². The third-order valence-electron chi connectivity index (χ3n) is 2.12. The third-order valence-corrected chi connectivity index (χ3v) is 2.12. The summed E-state index contributed by atoms with van der Waals surface area (Å²) in [4.78, 5) is 14.4. The summed E-state index contributed by atoms with van der Waals surface area (Å²) in [6.07, 6.45) is 1.67. The molecule has 2 aromatic rings. The molecule has 4 heteroatoms. The maximum absolute atomic E-state index is 10.7. The smallest absolute Gasteiger partial charge is 0.258 e. The normalized spacial score (nSPS) is 10.4. The Bertz CT molecular complexity index is 508. The van der Waals surface area contributed by atoms with Gasteiger partial charge in [-0.2, -0.15) is 0 Å². The Morgan fingerprint density at radius 1 is 1.43 bits per heavy atom. The van der Waals surface area contributed by atoms with E-state index in [0.717, 1.165) is 10.9 Å². The van der Waals surface area contributed by atoms with Crippen molar-refractivity contribution in [2.75, 3.05) is 0 Å². The number of rotatable bonds is 1. The second kappa shape index (κ2) is 3.06. The predicted molar refractivity (Wildman–Crippen MR) is 53.1 cm³/mol. The zero-order valence-corrected chi connectivity index (χ0v) is 7.60. The van der Waals surface area contributed by atoms with Crippen molar-refractivity contribution in [3.8, 4) is 0 Å². The van der Waals surface area contributed by atoms with Gasteiger partial charge in [-0.05, 0) is 19.1 Å². The molecule has 2 rings (SSSR count). The summed E-state index contributed by atoms with van der Waals surface area (Å²) in [6.45, 7) is 1.71. The molecule has 0 aliphatic carbocycles. The van der Waals surface area contributed by atoms with Gasteiger partial charge in [-0.25, -0.2) is 0 Å². The summed E-state index contributed by atoms with van der Waals surface area (Å²) < 4.78 is 0. The van der Waals surface area contributed by atoms with Crippen molar-refractivity contribution in [3.63, 3.8) is 0 Å². The first-order chi connectivity index (χ1) is 6.68. The van der Waals surface area contributed by atoms with Gasteiger partial charge in [-0.15, -0.1) is 0 Å². The lowest BCUT2D eigenvalue weighted by molar-refractivity contribution is -0.385. The van der Waals surface area contributed by atoms with E-state index in [1.807, 2.05) is 6.07 Å². The summed E-state index contributed by atoms with van der Waals surface area (Å²) in [6, 6.07) is 6.86. The fourth-order valence-corrected chi connectivity index (χ4v) is 1.41. The molecule has 0 radical (unpaired) electrons. The molecule has 14 heavy (non-hydrogen) atoms. The van der Waals surface area contributed by atoms with E-state index in [1.54, 1.807) is 31.3 Å². The number of aryl methyl sites for hydroxylation is 1. The van der Waals surface area contributed by atoms with E-state index in [0.29, 0.717) is 5.56 Å². The van der Waals surface area contributed by atoms with Gasteiger partial charge in [0, 0.05) is 23.2 Å². The number of nitro benzene ring substituents is 1. The van der Waals surface area contributed by atoms with Crippen molar-refractivity contribution in [3.05, 3.63) is 46.1 Å². The quantitative estimate of drug-likeness (QED) is 0.510. The summed E-state index contributed by atoms with van der Waals surface area (Å²) in [5.74, 6) is 0. The summed E-state index contributed by atoms with van der Waals surface area (Å²) in [7, 11) is 0. The molecule has 0 amide bonds. The first kappa shape index (κ1) is 8.62. The van der Waals surface area contributed by atoms with E-state index >= 15 is 0 Å². The van der Waals surface area contributed by atoms with Crippen LogP contribution in [0.15, 0.2) is 30.5 Å². The Labute approximate surface area is 80.4 Å². The van der Waals surface area contributed by atoms with Crippen molar-refractivity contribution in [2.24, 2.45) is 0 Å². The van der Waals surface area contributed by atoms with Crippen LogP contribution in [-0.2, 0) is 0 Å². The fourth-order valence-electron chi connectivity index (χ4n) is 1.41. The van der Waals surface area contributed by atoms with Crippen LogP contribution < -0.4 is 0 Å². The Kier molecular flexibility index (Phi) is 1.89. The molecular weight excluding hydrogens is 180 g/mol. The monoisotopic (exact) mass is 188 g/mol. The maximum atomic E-state index is 10.7. The van der Waals surface area contributed by atoms with Gasteiger partial charge in [0.1, 0.15) is 0 Å². The number of pyridine rings is 1. The Hall–Kier alpha value is -1.97. The minimum atomic E-state index is -0.373. The second-order valence-electron chi connectivity index (χ2n) is 3.09. The van der Waals surface area contributed by atoms with Crippen LogP contribution in [0.3, 0.4) is 0 Å². The molecule has 0 spiro atoms. The molecule has 70 valence electrons. The number of nitro groups is 1. The number of nitrogens with zero attached hydrogens (tertiary/aromatic N) is 2. The Morgan fingerprint density at radius 2 is 2.21 bits per heavy atom. The summed E-state index contributed by atoms with van der Waals surface area (Å²) in [5.41, 5.74) is 1.57. The SMILES string of the molecule is Cc1cc2ncccc2cc1[N+](=O)[O-]. The largest absolute Gasteiger partial charge is 0.273 e. The van der Waals surface area contributed by atoms with Crippen molar-refractivity contribution in [1.29, 1.82) is 0 Å². The van der Waals surface area contributed by atoms with Crippen LogP contribution in [0.4, 0.5) is 5.69 Å². The van der Waals surface area contributed by atoms with E-state index in [1.165, 1.54) is 0 Å². The lowest BCUT2D eigenvalue weighted by Gasteiger charge is -1.99. The second-order valence-corrected chi connectivity index (χ2v) is 3.09. The minimum Gasteiger partial charge on any atom is -0.258 e. The molecule has 0 bridgehead atoms. The molecule has 4 nitrogen and oxygen atoms in total. The van der Waals surface area contributed by atoms with Crippen LogP contribution >= 0.6 is 0 Å². The first-order valence-electron chi connectivity index (χ1n) is 4.18. The molecule has 0 unspecified atom stereocenters. The van der Waals surface area contributed by atoms with Crippen LogP contribution in [0.25, 0.3) is 10.9 Å². The molecule has 0 aliphatic heterocycles. The molecule has 1 aromatic heterocycles. The van der Waals surface area contributed by atoms with Crippen molar-refractivity contribution >= 4 is 16.6 Å². The average Bonchev–Trinajstić information content (AvgIpc) is 2.16. The lowest BCUT2D eigenvalue weighted by Crippen LogP contribution is -1.92. The highest BCUT2D eigenvalue weighted by Gasteiger charge is 2.11. The molecule has 0 aliphatic rings. The van der Waals surface area contributed by atoms with Gasteiger partial charge in [0.15, 0.2) is 0 Å². The molecule has 0 fully saturated rings. The van der Waals surface area contributed by atoms with Gasteiger partial charge in [-0.3, -0.25) is 15.1 Å². The van der Waals surface area contributed by atoms with E-state index in [9.17, 15) is 10.1 Å². The minimum absolute atomic E-state index is 0.144. The van der Waals surface area contributed by atoms with Gasteiger partial charge in [0.2, 0.25) is 0 Å². The van der Waals surface area contributed by atoms with E-state index < -0.39 is 0 Å². The van der Waals surface area contributed by atoms with Gasteiger partial charge < -0.3 is 0 Å². The third kappa shape index (κ3) is 1.31. The Morgan fingerprint density at radius 3 is 2.93 bits per heavy atom. The molecule has 1 heterocycles. The predicted octanol–water partition coefficient (Wildman–Crippen LogP) is 2.45. The summed E-state index contributed by atoms with van der Waals surface area (Å²) in [5, 5.41) is 11.4. The van der Waals surface area contributed by atoms with Crippen LogP contribution in [0.1, 0.15) is 5.56 Å². The maximum Gasteiger partial charge on any atom is 0.273 e. The number of aromatic nitrogens is 1. The van der Waals surface area contributed by atoms with Gasteiger partial charge in [0.25, 0.3) is 5.69 Å². The highest BCUT2D eigenvalue weighted by molar-refractivity contribution is 5.82. The number of fused-ring (bicyclic) bond motifs is 1. The highest BCUT2D eigenvalue weighted by Crippen LogP contribution is 2.23. The van der Waals surface area contributed by atoms with Crippen LogP contribution in [-0.4, -0.2) is 9.91 Å². The van der Waals surface area contributed by atoms with E-state index in [-0.39, 0.29) is 10.6 Å². The lowest BCUT2D eigenvalue weighted by atomic mass is 10.1. The van der Waals surface area contributed by atoms with Crippen LogP contribution in [0, 0.1) is 17.0 Å². The highest BCUT2D eigenvalue weighted by atomic mass is 16.6. The Balaban J connectivity index is 2.77. The molecule has 0 saturated carbocycles. The molecule has 1 aromatic carbocycles. The van der Waals surface area contributed by atoms with E-state index in [4.69, 9.17) is 0 Å².